The summed E-state index contributed by atoms with van der Waals surface area (Å²) >= 11 is 0. The number of hydrogen-bond acceptors (Lipinski definition) is 2. The van der Waals surface area contributed by atoms with Crippen LogP contribution >= 0.6 is 0 Å². The number of benzene rings is 1. The fourth-order valence-electron chi connectivity index (χ4n) is 4.28. The predicted octanol–water partition coefficient (Wildman–Crippen LogP) is 2.36. The zero-order valence-electron chi connectivity index (χ0n) is 10.4. The third-order valence-corrected chi connectivity index (χ3v) is 5.02. The maximum atomic E-state index is 13.8. The second-order valence-electron chi connectivity index (χ2n) is 5.85. The maximum absolute atomic E-state index is 13.8. The minimum atomic E-state index is -0.503. The summed E-state index contributed by atoms with van der Waals surface area (Å²) in [6, 6.07) is 6.02. The molecule has 2 amide bonds. The average molecular weight is 259 g/mol. The molecule has 2 aliphatic carbocycles. The largest absolute Gasteiger partial charge is 0.274 e. The molecule has 1 saturated heterocycles. The van der Waals surface area contributed by atoms with E-state index >= 15 is 0 Å². The van der Waals surface area contributed by atoms with Crippen molar-refractivity contribution in [2.75, 3.05) is 4.90 Å². The van der Waals surface area contributed by atoms with E-state index < -0.39 is 5.82 Å². The molecule has 1 aromatic carbocycles. The molecule has 0 spiro atoms. The first-order valence-electron chi connectivity index (χ1n) is 6.81. The predicted molar refractivity (Wildman–Crippen MR) is 66.7 cm³/mol. The Bertz CT molecular complexity index is 557. The van der Waals surface area contributed by atoms with E-state index in [9.17, 15) is 14.0 Å². The summed E-state index contributed by atoms with van der Waals surface area (Å²) in [5.41, 5.74) is 0.117. The number of anilines is 1. The molecule has 3 nitrogen and oxygen atoms in total. The SMILES string of the molecule is O=C1C2C3CCC(C3)C2C(=O)N1c1ccccc1F. The van der Waals surface area contributed by atoms with Gasteiger partial charge in [-0.3, -0.25) is 9.59 Å². The van der Waals surface area contributed by atoms with E-state index in [-0.39, 0.29) is 29.3 Å². The first kappa shape index (κ1) is 11.1. The number of carbonyl (C=O) groups is 2. The molecule has 3 fully saturated rings. The Kier molecular flexibility index (Phi) is 2.14. The molecular formula is C15H14FNO2. The molecule has 1 aromatic rings. The van der Waals surface area contributed by atoms with Gasteiger partial charge in [0.25, 0.3) is 0 Å². The lowest BCUT2D eigenvalue weighted by atomic mass is 9.81. The van der Waals surface area contributed by atoms with Crippen molar-refractivity contribution in [1.29, 1.82) is 0 Å². The van der Waals surface area contributed by atoms with E-state index in [4.69, 9.17) is 0 Å². The van der Waals surface area contributed by atoms with Crippen molar-refractivity contribution < 1.29 is 14.0 Å². The number of imide groups is 1. The molecule has 4 rings (SSSR count). The lowest BCUT2D eigenvalue weighted by Crippen LogP contribution is -2.33. The van der Waals surface area contributed by atoms with Gasteiger partial charge in [0.2, 0.25) is 11.8 Å². The maximum Gasteiger partial charge on any atom is 0.238 e. The minimum Gasteiger partial charge on any atom is -0.274 e. The number of hydrogen-bond donors (Lipinski definition) is 0. The highest BCUT2D eigenvalue weighted by Crippen LogP contribution is 2.56. The monoisotopic (exact) mass is 259 g/mol. The van der Waals surface area contributed by atoms with E-state index in [1.165, 1.54) is 12.1 Å². The lowest BCUT2D eigenvalue weighted by Gasteiger charge is -2.19. The van der Waals surface area contributed by atoms with Gasteiger partial charge < -0.3 is 0 Å². The Morgan fingerprint density at radius 3 is 2.16 bits per heavy atom. The summed E-state index contributed by atoms with van der Waals surface area (Å²) in [6.45, 7) is 0. The Hall–Kier alpha value is -1.71. The van der Waals surface area contributed by atoms with Crippen molar-refractivity contribution in [2.24, 2.45) is 23.7 Å². The van der Waals surface area contributed by atoms with Crippen molar-refractivity contribution in [3.8, 4) is 0 Å². The summed E-state index contributed by atoms with van der Waals surface area (Å²) in [5, 5.41) is 0. The van der Waals surface area contributed by atoms with Crippen LogP contribution in [0.4, 0.5) is 10.1 Å². The van der Waals surface area contributed by atoms with Gasteiger partial charge in [-0.15, -0.1) is 0 Å². The fraction of sp³-hybridized carbons (Fsp3) is 0.467. The van der Waals surface area contributed by atoms with Crippen molar-refractivity contribution in [2.45, 2.75) is 19.3 Å². The van der Waals surface area contributed by atoms with Crippen LogP contribution in [0.3, 0.4) is 0 Å². The molecular weight excluding hydrogens is 245 g/mol. The summed E-state index contributed by atoms with van der Waals surface area (Å²) < 4.78 is 13.8. The van der Waals surface area contributed by atoms with Crippen LogP contribution in [0.1, 0.15) is 19.3 Å². The van der Waals surface area contributed by atoms with Crippen molar-refractivity contribution in [3.05, 3.63) is 30.1 Å². The Labute approximate surface area is 110 Å². The van der Waals surface area contributed by atoms with Crippen molar-refractivity contribution in [1.82, 2.24) is 0 Å². The van der Waals surface area contributed by atoms with Crippen LogP contribution in [-0.4, -0.2) is 11.8 Å². The van der Waals surface area contributed by atoms with Gasteiger partial charge in [0.15, 0.2) is 0 Å². The van der Waals surface area contributed by atoms with E-state index in [1.54, 1.807) is 12.1 Å². The van der Waals surface area contributed by atoms with Gasteiger partial charge in [-0.2, -0.15) is 0 Å². The highest BCUT2D eigenvalue weighted by atomic mass is 19.1. The van der Waals surface area contributed by atoms with Crippen LogP contribution < -0.4 is 4.90 Å². The van der Waals surface area contributed by atoms with Crippen LogP contribution in [0.25, 0.3) is 0 Å². The molecule has 4 heteroatoms. The Balaban J connectivity index is 1.78. The second-order valence-corrected chi connectivity index (χ2v) is 5.85. The number of para-hydroxylation sites is 1. The van der Waals surface area contributed by atoms with E-state index in [2.05, 4.69) is 0 Å². The van der Waals surface area contributed by atoms with Gasteiger partial charge in [0.05, 0.1) is 17.5 Å². The molecule has 0 N–H and O–H groups in total. The Morgan fingerprint density at radius 2 is 1.58 bits per heavy atom. The zero-order valence-corrected chi connectivity index (χ0v) is 10.4. The van der Waals surface area contributed by atoms with Gasteiger partial charge in [-0.25, -0.2) is 9.29 Å². The molecule has 0 radical (unpaired) electrons. The number of fused-ring (bicyclic) bond motifs is 5. The summed E-state index contributed by atoms with van der Waals surface area (Å²) in [5.74, 6) is -0.584. The summed E-state index contributed by atoms with van der Waals surface area (Å²) in [7, 11) is 0. The molecule has 98 valence electrons. The fourth-order valence-corrected chi connectivity index (χ4v) is 4.28. The third-order valence-electron chi connectivity index (χ3n) is 5.02. The smallest absolute Gasteiger partial charge is 0.238 e. The first-order chi connectivity index (χ1) is 9.18. The van der Waals surface area contributed by atoms with Crippen LogP contribution in [0.2, 0.25) is 0 Å². The molecule has 19 heavy (non-hydrogen) atoms. The lowest BCUT2D eigenvalue weighted by molar-refractivity contribution is -0.123. The third kappa shape index (κ3) is 1.32. The van der Waals surface area contributed by atoms with Gasteiger partial charge in [-0.05, 0) is 43.2 Å². The van der Waals surface area contributed by atoms with Gasteiger partial charge in [0, 0.05) is 0 Å². The average Bonchev–Trinajstić information content (AvgIpc) is 3.06. The zero-order chi connectivity index (χ0) is 13.1. The molecule has 3 aliphatic rings. The van der Waals surface area contributed by atoms with E-state index in [0.29, 0.717) is 11.8 Å². The quantitative estimate of drug-likeness (QED) is 0.726. The molecule has 1 heterocycles. The molecule has 4 atom stereocenters. The highest BCUT2D eigenvalue weighted by molar-refractivity contribution is 6.22. The van der Waals surface area contributed by atoms with Gasteiger partial charge >= 0.3 is 0 Å². The van der Waals surface area contributed by atoms with Crippen molar-refractivity contribution >= 4 is 17.5 Å². The Morgan fingerprint density at radius 1 is 1.00 bits per heavy atom. The first-order valence-corrected chi connectivity index (χ1v) is 6.81. The van der Waals surface area contributed by atoms with Gasteiger partial charge in [-0.1, -0.05) is 12.1 Å². The van der Waals surface area contributed by atoms with Crippen molar-refractivity contribution in [3.63, 3.8) is 0 Å². The second kappa shape index (κ2) is 3.65. The molecule has 2 saturated carbocycles. The van der Waals surface area contributed by atoms with Crippen LogP contribution in [0.15, 0.2) is 24.3 Å². The van der Waals surface area contributed by atoms with E-state index in [1.807, 2.05) is 0 Å². The molecule has 0 aromatic heterocycles. The molecule has 4 unspecified atom stereocenters. The number of rotatable bonds is 1. The van der Waals surface area contributed by atoms with Gasteiger partial charge in [0.1, 0.15) is 5.82 Å². The minimum absolute atomic E-state index is 0.117. The number of nitrogens with zero attached hydrogens (tertiary/aromatic N) is 1. The number of halogens is 1. The standard InChI is InChI=1S/C15H14FNO2/c16-10-3-1-2-4-11(10)17-14(18)12-8-5-6-9(7-8)13(12)15(17)19/h1-4,8-9,12-13H,5-7H2. The van der Waals surface area contributed by atoms with Crippen LogP contribution in [0.5, 0.6) is 0 Å². The number of amides is 2. The normalized spacial score (nSPS) is 36.2. The molecule has 2 bridgehead atoms. The summed E-state index contributed by atoms with van der Waals surface area (Å²) in [4.78, 5) is 26.0. The number of carbonyl (C=O) groups excluding carboxylic acids is 2. The van der Waals surface area contributed by atoms with Crippen LogP contribution in [-0.2, 0) is 9.59 Å². The summed E-state index contributed by atoms with van der Waals surface area (Å²) in [6.07, 6.45) is 3.07. The van der Waals surface area contributed by atoms with E-state index in [0.717, 1.165) is 24.2 Å². The highest BCUT2D eigenvalue weighted by Gasteiger charge is 2.61. The van der Waals surface area contributed by atoms with Crippen LogP contribution in [0, 0.1) is 29.5 Å². The molecule has 1 aliphatic heterocycles. The topological polar surface area (TPSA) is 37.4 Å².